The third kappa shape index (κ3) is 2.36. The van der Waals surface area contributed by atoms with Crippen molar-refractivity contribution < 1.29 is 9.59 Å². The first-order chi connectivity index (χ1) is 9.88. The topological polar surface area (TPSA) is 52.7 Å². The van der Waals surface area contributed by atoms with Gasteiger partial charge in [0.2, 0.25) is 0 Å². The number of benzene rings is 1. The Bertz CT molecular complexity index is 620. The highest BCUT2D eigenvalue weighted by Crippen LogP contribution is 2.36. The fourth-order valence-corrected chi connectivity index (χ4v) is 3.59. The van der Waals surface area contributed by atoms with Gasteiger partial charge >= 0.3 is 0 Å². The van der Waals surface area contributed by atoms with E-state index in [-0.39, 0.29) is 0 Å². The van der Waals surface area contributed by atoms with Crippen molar-refractivity contribution in [2.24, 2.45) is 0 Å². The van der Waals surface area contributed by atoms with Gasteiger partial charge in [-0.05, 0) is 49.0 Å². The molecule has 2 atom stereocenters. The lowest BCUT2D eigenvalue weighted by Crippen LogP contribution is -2.55. The van der Waals surface area contributed by atoms with Crippen molar-refractivity contribution in [3.8, 4) is 0 Å². The number of carbonyl (C=O) groups excluding carboxylic acids is 2. The fourth-order valence-electron chi connectivity index (χ4n) is 3.00. The zero-order valence-corrected chi connectivity index (χ0v) is 13.9. The molecule has 0 bridgehead atoms. The summed E-state index contributed by atoms with van der Waals surface area (Å²) < 4.78 is 0.857. The number of hydrogen-bond acceptors (Lipinski definition) is 4. The molecule has 1 saturated heterocycles. The van der Waals surface area contributed by atoms with Crippen LogP contribution in [0, 0.1) is 0 Å². The van der Waals surface area contributed by atoms with Gasteiger partial charge in [0.1, 0.15) is 0 Å². The Balaban J connectivity index is 1.96. The molecule has 112 valence electrons. The van der Waals surface area contributed by atoms with Gasteiger partial charge in [-0.3, -0.25) is 14.5 Å². The van der Waals surface area contributed by atoms with Gasteiger partial charge in [-0.25, -0.2) is 0 Å². The van der Waals surface area contributed by atoms with Gasteiger partial charge in [0.15, 0.2) is 0 Å². The van der Waals surface area contributed by atoms with Crippen molar-refractivity contribution in [2.45, 2.75) is 25.9 Å². The Hall–Kier alpha value is -1.40. The lowest BCUT2D eigenvalue weighted by Gasteiger charge is -2.43. The molecular weight excluding hydrogens is 334 g/mol. The molecule has 0 radical (unpaired) electrons. The van der Waals surface area contributed by atoms with Gasteiger partial charge in [-0.15, -0.1) is 0 Å². The molecule has 1 amide bonds. The smallest absolute Gasteiger partial charge is 0.296 e. The molecule has 6 heteroatoms. The Kier molecular flexibility index (Phi) is 3.53. The first-order valence-electron chi connectivity index (χ1n) is 7.04. The van der Waals surface area contributed by atoms with Crippen LogP contribution < -0.4 is 10.2 Å². The number of nitrogens with one attached hydrogen (secondary N) is 1. The molecular formula is C15H18BrN3O2. The minimum absolute atomic E-state index is 0.449. The summed E-state index contributed by atoms with van der Waals surface area (Å²) >= 11 is 3.54. The van der Waals surface area contributed by atoms with E-state index in [9.17, 15) is 9.59 Å². The second kappa shape index (κ2) is 5.10. The predicted molar refractivity (Wildman–Crippen MR) is 86.0 cm³/mol. The number of carbonyl (C=O) groups is 2. The number of likely N-dealkylation sites (N-methyl/N-ethyl adjacent to an activating group) is 1. The van der Waals surface area contributed by atoms with Gasteiger partial charge in [0.05, 0.1) is 16.9 Å². The Morgan fingerprint density at radius 2 is 1.81 bits per heavy atom. The molecule has 2 unspecified atom stereocenters. The monoisotopic (exact) mass is 351 g/mol. The van der Waals surface area contributed by atoms with Crippen LogP contribution in [-0.2, 0) is 4.79 Å². The molecule has 0 aromatic heterocycles. The van der Waals surface area contributed by atoms with Crippen LogP contribution in [0.3, 0.4) is 0 Å². The molecule has 0 saturated carbocycles. The second-order valence-corrected chi connectivity index (χ2v) is 6.76. The van der Waals surface area contributed by atoms with Crippen LogP contribution in [0.15, 0.2) is 16.6 Å². The molecule has 2 aliphatic heterocycles. The summed E-state index contributed by atoms with van der Waals surface area (Å²) in [5.74, 6) is -1.01. The number of Topliss-reactive ketones (excluding diaryl/α,β-unsaturated/α-hetero) is 1. The number of anilines is 2. The summed E-state index contributed by atoms with van der Waals surface area (Å²) in [5.41, 5.74) is 2.09. The number of nitrogens with zero attached hydrogens (tertiary/aromatic N) is 2. The molecule has 1 aromatic carbocycles. The lowest BCUT2D eigenvalue weighted by molar-refractivity contribution is -0.112. The summed E-state index contributed by atoms with van der Waals surface area (Å²) in [4.78, 5) is 27.9. The van der Waals surface area contributed by atoms with Gasteiger partial charge < -0.3 is 10.2 Å². The van der Waals surface area contributed by atoms with E-state index in [1.807, 2.05) is 6.07 Å². The molecule has 0 spiro atoms. The highest BCUT2D eigenvalue weighted by Gasteiger charge is 2.32. The van der Waals surface area contributed by atoms with Crippen LogP contribution in [0.25, 0.3) is 0 Å². The van der Waals surface area contributed by atoms with Crippen LogP contribution >= 0.6 is 15.9 Å². The third-order valence-corrected chi connectivity index (χ3v) is 5.12. The molecule has 1 N–H and O–H groups in total. The van der Waals surface area contributed by atoms with Gasteiger partial charge in [0, 0.05) is 29.6 Å². The average molecular weight is 352 g/mol. The molecule has 5 nitrogen and oxygen atoms in total. The van der Waals surface area contributed by atoms with Crippen molar-refractivity contribution in [2.75, 3.05) is 30.4 Å². The van der Waals surface area contributed by atoms with Crippen LogP contribution in [0.5, 0.6) is 0 Å². The van der Waals surface area contributed by atoms with Gasteiger partial charge in [-0.2, -0.15) is 0 Å². The van der Waals surface area contributed by atoms with Crippen LogP contribution in [-0.4, -0.2) is 48.8 Å². The standard InChI is InChI=1S/C15H18BrN3O2/c1-8-6-19(7-9(2)18(8)3)13-5-12-10(4-11(13)16)14(20)15(21)17-12/h4-5,8-9H,6-7H2,1-3H3,(H,17,20,21). The zero-order valence-electron chi connectivity index (χ0n) is 12.3. The molecule has 0 aliphatic carbocycles. The number of piperazine rings is 1. The van der Waals surface area contributed by atoms with Gasteiger partial charge in [-0.1, -0.05) is 0 Å². The van der Waals surface area contributed by atoms with Crippen molar-refractivity contribution in [1.29, 1.82) is 0 Å². The number of ketones is 1. The van der Waals surface area contributed by atoms with Crippen LogP contribution in [0.1, 0.15) is 24.2 Å². The average Bonchev–Trinajstić information content (AvgIpc) is 2.70. The predicted octanol–water partition coefficient (Wildman–Crippen LogP) is 2.11. The first kappa shape index (κ1) is 14.5. The highest BCUT2D eigenvalue weighted by molar-refractivity contribution is 9.10. The van der Waals surface area contributed by atoms with E-state index in [0.717, 1.165) is 23.2 Å². The second-order valence-electron chi connectivity index (χ2n) is 5.90. The lowest BCUT2D eigenvalue weighted by atomic mass is 10.1. The largest absolute Gasteiger partial charge is 0.367 e. The summed E-state index contributed by atoms with van der Waals surface area (Å²) in [7, 11) is 2.14. The SMILES string of the molecule is CC1CN(c2cc3c(cc2Br)C(=O)C(=O)N3)CC(C)N1C. The van der Waals surface area contributed by atoms with Gasteiger partial charge in [0.25, 0.3) is 11.7 Å². The molecule has 1 fully saturated rings. The summed E-state index contributed by atoms with van der Waals surface area (Å²) in [6.45, 7) is 6.24. The number of fused-ring (bicyclic) bond motifs is 1. The molecule has 3 rings (SSSR count). The van der Waals surface area contributed by atoms with E-state index in [1.54, 1.807) is 6.07 Å². The third-order valence-electron chi connectivity index (χ3n) is 4.49. The Morgan fingerprint density at radius 1 is 1.19 bits per heavy atom. The molecule has 21 heavy (non-hydrogen) atoms. The van der Waals surface area contributed by atoms with E-state index in [4.69, 9.17) is 0 Å². The Labute approximate surface area is 132 Å². The summed E-state index contributed by atoms with van der Waals surface area (Å²) in [5, 5.41) is 2.64. The van der Waals surface area contributed by atoms with Crippen molar-refractivity contribution >= 4 is 39.0 Å². The zero-order chi connectivity index (χ0) is 15.3. The normalized spacial score (nSPS) is 26.0. The number of halogens is 1. The number of hydrogen-bond donors (Lipinski definition) is 1. The minimum Gasteiger partial charge on any atom is -0.367 e. The van der Waals surface area contributed by atoms with E-state index in [0.29, 0.717) is 23.3 Å². The maximum Gasteiger partial charge on any atom is 0.296 e. The maximum absolute atomic E-state index is 11.7. The molecule has 2 heterocycles. The number of rotatable bonds is 1. The van der Waals surface area contributed by atoms with Crippen LogP contribution in [0.4, 0.5) is 11.4 Å². The van der Waals surface area contributed by atoms with Crippen LogP contribution in [0.2, 0.25) is 0 Å². The quantitative estimate of drug-likeness (QED) is 0.787. The van der Waals surface area contributed by atoms with E-state index in [1.165, 1.54) is 0 Å². The summed E-state index contributed by atoms with van der Waals surface area (Å²) in [6.07, 6.45) is 0. The maximum atomic E-state index is 11.7. The summed E-state index contributed by atoms with van der Waals surface area (Å²) in [6, 6.07) is 4.54. The van der Waals surface area contributed by atoms with Crippen molar-refractivity contribution in [1.82, 2.24) is 4.90 Å². The fraction of sp³-hybridized carbons (Fsp3) is 0.467. The first-order valence-corrected chi connectivity index (χ1v) is 7.84. The molecule has 2 aliphatic rings. The minimum atomic E-state index is -0.547. The van der Waals surface area contributed by atoms with Crippen molar-refractivity contribution in [3.05, 3.63) is 22.2 Å². The van der Waals surface area contributed by atoms with E-state index < -0.39 is 11.7 Å². The Morgan fingerprint density at radius 3 is 2.43 bits per heavy atom. The van der Waals surface area contributed by atoms with E-state index >= 15 is 0 Å². The van der Waals surface area contributed by atoms with Crippen molar-refractivity contribution in [3.63, 3.8) is 0 Å². The highest BCUT2D eigenvalue weighted by atomic mass is 79.9. The molecule has 1 aromatic rings. The van der Waals surface area contributed by atoms with E-state index in [2.05, 4.69) is 51.9 Å². The number of amides is 1.